The van der Waals surface area contributed by atoms with Crippen molar-refractivity contribution in [3.05, 3.63) is 75.6 Å². The molecule has 0 bridgehead atoms. The zero-order chi connectivity index (χ0) is 22.7. The number of nitrogens with zero attached hydrogens (tertiary/aromatic N) is 1. The third kappa shape index (κ3) is 5.01. The van der Waals surface area contributed by atoms with E-state index in [0.717, 1.165) is 31.6 Å². The van der Waals surface area contributed by atoms with Gasteiger partial charge >= 0.3 is 6.18 Å². The zero-order valence-corrected chi connectivity index (χ0v) is 18.7. The molecule has 0 saturated carbocycles. The minimum absolute atomic E-state index is 0.200. The molecule has 0 radical (unpaired) electrons. The van der Waals surface area contributed by atoms with Crippen molar-refractivity contribution in [1.29, 1.82) is 0 Å². The Morgan fingerprint density at radius 2 is 1.94 bits per heavy atom. The van der Waals surface area contributed by atoms with Crippen molar-refractivity contribution in [3.63, 3.8) is 0 Å². The lowest BCUT2D eigenvalue weighted by Gasteiger charge is -2.08. The number of fused-ring (bicyclic) bond motifs is 1. The van der Waals surface area contributed by atoms with Crippen LogP contribution < -0.4 is 5.32 Å². The van der Waals surface area contributed by atoms with Crippen LogP contribution in [0.1, 0.15) is 25.7 Å². The average molecular weight is 477 g/mol. The maximum atomic E-state index is 13.0. The van der Waals surface area contributed by atoms with Crippen molar-refractivity contribution in [1.82, 2.24) is 10.3 Å². The topological polar surface area (TPSA) is 51.2 Å². The zero-order valence-electron chi connectivity index (χ0n) is 17.0. The van der Waals surface area contributed by atoms with Crippen molar-refractivity contribution >= 4 is 38.7 Å². The predicted octanol–water partition coefficient (Wildman–Crippen LogP) is 6.01. The first-order valence-corrected chi connectivity index (χ1v) is 11.4. The van der Waals surface area contributed by atoms with E-state index in [2.05, 4.69) is 10.3 Å². The van der Waals surface area contributed by atoms with Gasteiger partial charge in [0.25, 0.3) is 5.91 Å². The molecule has 166 valence electrons. The van der Waals surface area contributed by atoms with E-state index in [1.807, 2.05) is 24.3 Å². The van der Waals surface area contributed by atoms with E-state index in [1.165, 1.54) is 34.8 Å². The van der Waals surface area contributed by atoms with E-state index < -0.39 is 11.7 Å². The summed E-state index contributed by atoms with van der Waals surface area (Å²) in [4.78, 5) is 18.2. The molecule has 0 unspecified atom stereocenters. The molecule has 0 atom stereocenters. The maximum absolute atomic E-state index is 13.0. The summed E-state index contributed by atoms with van der Waals surface area (Å²) < 4.78 is 45.0. The molecule has 1 amide bonds. The van der Waals surface area contributed by atoms with Gasteiger partial charge in [-0.05, 0) is 23.1 Å². The first-order chi connectivity index (χ1) is 15.3. The number of thiazole rings is 1. The summed E-state index contributed by atoms with van der Waals surface area (Å²) in [5, 5.41) is 4.50. The fourth-order valence-electron chi connectivity index (χ4n) is 3.29. The molecule has 2 aromatic heterocycles. The lowest BCUT2D eigenvalue weighted by molar-refractivity contribution is -0.137. The Labute approximate surface area is 190 Å². The molecule has 4 rings (SSSR count). The Hall–Kier alpha value is -2.75. The van der Waals surface area contributed by atoms with Gasteiger partial charge in [0.1, 0.15) is 9.88 Å². The molecule has 9 heteroatoms. The van der Waals surface area contributed by atoms with E-state index >= 15 is 0 Å². The molecular weight excluding hydrogens is 457 g/mol. The van der Waals surface area contributed by atoms with Crippen LogP contribution in [0.25, 0.3) is 20.7 Å². The Kier molecular flexibility index (Phi) is 6.59. The van der Waals surface area contributed by atoms with Crippen LogP contribution in [0, 0.1) is 0 Å². The highest BCUT2D eigenvalue weighted by atomic mass is 32.1. The third-order valence-electron chi connectivity index (χ3n) is 4.78. The van der Waals surface area contributed by atoms with Gasteiger partial charge in [0.2, 0.25) is 0 Å². The minimum Gasteiger partial charge on any atom is -0.383 e. The molecule has 32 heavy (non-hydrogen) atoms. The van der Waals surface area contributed by atoms with Crippen LogP contribution in [0.2, 0.25) is 0 Å². The van der Waals surface area contributed by atoms with Gasteiger partial charge in [0.15, 0.2) is 0 Å². The summed E-state index contributed by atoms with van der Waals surface area (Å²) >= 11 is 2.83. The number of aromatic nitrogens is 1. The van der Waals surface area contributed by atoms with Gasteiger partial charge in [0, 0.05) is 35.2 Å². The molecule has 4 aromatic rings. The number of rotatable bonds is 7. The normalized spacial score (nSPS) is 11.8. The fraction of sp³-hybridized carbons (Fsp3) is 0.217. The summed E-state index contributed by atoms with van der Waals surface area (Å²) in [5.74, 6) is -0.200. The number of nitrogens with one attached hydrogen (secondary N) is 1. The average Bonchev–Trinajstić information content (AvgIpc) is 3.40. The van der Waals surface area contributed by atoms with Crippen molar-refractivity contribution in [3.8, 4) is 10.6 Å². The fourth-order valence-corrected chi connectivity index (χ4v) is 5.42. The molecule has 4 nitrogen and oxygen atoms in total. The number of hydrogen-bond acceptors (Lipinski definition) is 5. The summed E-state index contributed by atoms with van der Waals surface area (Å²) in [5.41, 5.74) is 0.872. The number of thiophene rings is 1. The Morgan fingerprint density at radius 1 is 1.12 bits per heavy atom. The van der Waals surface area contributed by atoms with Gasteiger partial charge in [0.05, 0.1) is 18.4 Å². The van der Waals surface area contributed by atoms with Crippen LogP contribution >= 0.6 is 22.7 Å². The standard InChI is InChI=1S/C23H19F3N2O2S2/c1-30-9-8-27-21(29)19-13-28-22(32-19)18-7-3-5-15-12-17(31-20(15)18)11-14-4-2-6-16(10-14)23(24,25)26/h2-7,10,12-13H,8-9,11H2,1H3,(H,27,29). The van der Waals surface area contributed by atoms with Gasteiger partial charge < -0.3 is 10.1 Å². The Bertz CT molecular complexity index is 1250. The summed E-state index contributed by atoms with van der Waals surface area (Å²) in [7, 11) is 1.57. The third-order valence-corrected chi connectivity index (χ3v) is 6.99. The van der Waals surface area contributed by atoms with Crippen LogP contribution in [0.15, 0.2) is 54.7 Å². The molecular formula is C23H19F3N2O2S2. The monoisotopic (exact) mass is 476 g/mol. The smallest absolute Gasteiger partial charge is 0.383 e. The summed E-state index contributed by atoms with van der Waals surface area (Å²) in [6.07, 6.45) is -2.40. The Morgan fingerprint density at radius 3 is 2.72 bits per heavy atom. The van der Waals surface area contributed by atoms with Crippen LogP contribution in [0.3, 0.4) is 0 Å². The minimum atomic E-state index is -4.36. The van der Waals surface area contributed by atoms with Crippen LogP contribution in [-0.2, 0) is 17.3 Å². The lowest BCUT2D eigenvalue weighted by atomic mass is 10.1. The van der Waals surface area contributed by atoms with Crippen molar-refractivity contribution in [2.75, 3.05) is 20.3 Å². The van der Waals surface area contributed by atoms with Gasteiger partial charge in [-0.3, -0.25) is 4.79 Å². The Balaban J connectivity index is 1.59. The molecule has 2 heterocycles. The molecule has 0 aliphatic carbocycles. The molecule has 0 spiro atoms. The van der Waals surface area contributed by atoms with Crippen molar-refractivity contribution < 1.29 is 22.7 Å². The van der Waals surface area contributed by atoms with Crippen molar-refractivity contribution in [2.45, 2.75) is 12.6 Å². The molecule has 1 N–H and O–H groups in total. The van der Waals surface area contributed by atoms with E-state index in [1.54, 1.807) is 19.4 Å². The van der Waals surface area contributed by atoms with E-state index in [4.69, 9.17) is 4.74 Å². The maximum Gasteiger partial charge on any atom is 0.416 e. The molecule has 0 aliphatic heterocycles. The van der Waals surface area contributed by atoms with Gasteiger partial charge in [-0.25, -0.2) is 4.98 Å². The number of alkyl halides is 3. The number of carbonyl (C=O) groups is 1. The van der Waals surface area contributed by atoms with Crippen molar-refractivity contribution in [2.24, 2.45) is 0 Å². The predicted molar refractivity (Wildman–Crippen MR) is 121 cm³/mol. The number of methoxy groups -OCH3 is 1. The van der Waals surface area contributed by atoms with E-state index in [0.29, 0.717) is 30.0 Å². The highest BCUT2D eigenvalue weighted by molar-refractivity contribution is 7.21. The number of carbonyl (C=O) groups excluding carboxylic acids is 1. The SMILES string of the molecule is COCCNC(=O)c1cnc(-c2cccc3cc(Cc4cccc(C(F)(F)F)c4)sc23)s1. The lowest BCUT2D eigenvalue weighted by Crippen LogP contribution is -2.26. The molecule has 0 aliphatic rings. The quantitative estimate of drug-likeness (QED) is 0.332. The largest absolute Gasteiger partial charge is 0.416 e. The first kappa shape index (κ1) is 22.4. The molecule has 0 fully saturated rings. The molecule has 0 saturated heterocycles. The number of amides is 1. The van der Waals surface area contributed by atoms with Crippen LogP contribution in [-0.4, -0.2) is 31.2 Å². The van der Waals surface area contributed by atoms with Crippen LogP contribution in [0.5, 0.6) is 0 Å². The van der Waals surface area contributed by atoms with E-state index in [-0.39, 0.29) is 5.91 Å². The summed E-state index contributed by atoms with van der Waals surface area (Å²) in [6.45, 7) is 0.850. The van der Waals surface area contributed by atoms with Gasteiger partial charge in [-0.2, -0.15) is 13.2 Å². The highest BCUT2D eigenvalue weighted by Crippen LogP contribution is 2.38. The number of halogens is 3. The second-order valence-corrected chi connectivity index (χ2v) is 9.26. The molecule has 2 aromatic carbocycles. The first-order valence-electron chi connectivity index (χ1n) is 9.76. The van der Waals surface area contributed by atoms with Gasteiger partial charge in [-0.1, -0.05) is 36.4 Å². The van der Waals surface area contributed by atoms with Gasteiger partial charge in [-0.15, -0.1) is 22.7 Å². The number of benzene rings is 2. The van der Waals surface area contributed by atoms with E-state index in [9.17, 15) is 18.0 Å². The number of hydrogen-bond donors (Lipinski definition) is 1. The summed E-state index contributed by atoms with van der Waals surface area (Å²) in [6, 6.07) is 13.2. The van der Waals surface area contributed by atoms with Crippen LogP contribution in [0.4, 0.5) is 13.2 Å². The second kappa shape index (κ2) is 9.40. The number of ether oxygens (including phenoxy) is 1. The highest BCUT2D eigenvalue weighted by Gasteiger charge is 2.30. The second-order valence-electron chi connectivity index (χ2n) is 7.09.